The molecule has 27 heavy (non-hydrogen) atoms. The Kier molecular flexibility index (Phi) is 4.60. The molecule has 0 aliphatic heterocycles. The van der Waals surface area contributed by atoms with Crippen LogP contribution in [0.1, 0.15) is 17.4 Å². The number of nitrogen functional groups attached to an aromatic ring is 1. The molecule has 1 aromatic carbocycles. The number of hydrogen-bond acceptors (Lipinski definition) is 5. The minimum atomic E-state index is -4.86. The van der Waals surface area contributed by atoms with E-state index in [1.165, 1.54) is 13.0 Å². The molecule has 0 aliphatic rings. The lowest BCUT2D eigenvalue weighted by Crippen LogP contribution is -2.40. The first-order valence-electron chi connectivity index (χ1n) is 7.55. The third-order valence-corrected chi connectivity index (χ3v) is 3.73. The maximum absolute atomic E-state index is 13.5. The van der Waals surface area contributed by atoms with Crippen molar-refractivity contribution >= 4 is 28.6 Å². The summed E-state index contributed by atoms with van der Waals surface area (Å²) in [6, 6.07) is -0.240. The van der Waals surface area contributed by atoms with E-state index in [0.717, 1.165) is 24.5 Å². The standard InChI is InChI=1S/C16H13F4N5O2/c1-7-10-4-8(17)2-3-11(10)27-12(7)13(16(18,19)20)25-15(26)24-9-5-22-14(21)23-6-9/h2-6,13H,1H3,(H2,21,22,23)(H2,24,25,26)/t13-/m1/s1. The number of aryl methyl sites for hydroxylation is 1. The predicted octanol–water partition coefficient (Wildman–Crippen LogP) is 3.68. The smallest absolute Gasteiger partial charge is 0.416 e. The van der Waals surface area contributed by atoms with Crippen molar-refractivity contribution in [3.8, 4) is 0 Å². The number of halogens is 4. The highest BCUT2D eigenvalue weighted by molar-refractivity contribution is 5.89. The first-order chi connectivity index (χ1) is 12.6. The van der Waals surface area contributed by atoms with Gasteiger partial charge in [0.1, 0.15) is 17.2 Å². The zero-order valence-corrected chi connectivity index (χ0v) is 13.8. The SMILES string of the molecule is Cc1c([C@@H](NC(=O)Nc2cnc(N)nc2)C(F)(F)F)oc2ccc(F)cc12. The van der Waals surface area contributed by atoms with Crippen LogP contribution >= 0.6 is 0 Å². The van der Waals surface area contributed by atoms with Crippen LogP contribution in [0.15, 0.2) is 35.0 Å². The first-order valence-corrected chi connectivity index (χ1v) is 7.55. The van der Waals surface area contributed by atoms with Crippen LogP contribution in [0.25, 0.3) is 11.0 Å². The summed E-state index contributed by atoms with van der Waals surface area (Å²) in [4.78, 5) is 19.2. The minimum absolute atomic E-state index is 0.0472. The molecular formula is C16H13F4N5O2. The molecule has 0 unspecified atom stereocenters. The molecular weight excluding hydrogens is 370 g/mol. The second-order valence-electron chi connectivity index (χ2n) is 5.63. The van der Waals surface area contributed by atoms with Gasteiger partial charge in [0, 0.05) is 10.9 Å². The Morgan fingerprint density at radius 2 is 1.93 bits per heavy atom. The van der Waals surface area contributed by atoms with E-state index in [1.807, 2.05) is 0 Å². The van der Waals surface area contributed by atoms with E-state index < -0.39 is 29.8 Å². The molecule has 0 fully saturated rings. The van der Waals surface area contributed by atoms with Crippen LogP contribution in [-0.4, -0.2) is 22.2 Å². The quantitative estimate of drug-likeness (QED) is 0.599. The highest BCUT2D eigenvalue weighted by Gasteiger charge is 2.45. The number of furan rings is 1. The number of urea groups is 1. The van der Waals surface area contributed by atoms with Gasteiger partial charge in [-0.3, -0.25) is 0 Å². The van der Waals surface area contributed by atoms with Crippen LogP contribution < -0.4 is 16.4 Å². The van der Waals surface area contributed by atoms with Crippen molar-refractivity contribution in [2.45, 2.75) is 19.1 Å². The summed E-state index contributed by atoms with van der Waals surface area (Å²) in [6.45, 7) is 1.35. The fraction of sp³-hybridized carbons (Fsp3) is 0.188. The topological polar surface area (TPSA) is 106 Å². The fourth-order valence-electron chi connectivity index (χ4n) is 2.48. The number of nitrogens with one attached hydrogen (secondary N) is 2. The highest BCUT2D eigenvalue weighted by atomic mass is 19.4. The molecule has 0 saturated heterocycles. The Labute approximate surface area is 149 Å². The number of nitrogens with two attached hydrogens (primary N) is 1. The summed E-state index contributed by atoms with van der Waals surface area (Å²) in [6.07, 6.45) is -2.58. The van der Waals surface area contributed by atoms with Gasteiger partial charge in [-0.25, -0.2) is 19.2 Å². The lowest BCUT2D eigenvalue weighted by atomic mass is 10.1. The van der Waals surface area contributed by atoms with Crippen LogP contribution in [0, 0.1) is 12.7 Å². The highest BCUT2D eigenvalue weighted by Crippen LogP contribution is 2.38. The van der Waals surface area contributed by atoms with Crippen LogP contribution in [0.3, 0.4) is 0 Å². The van der Waals surface area contributed by atoms with E-state index in [9.17, 15) is 22.4 Å². The van der Waals surface area contributed by atoms with Crippen LogP contribution in [0.4, 0.5) is 34.0 Å². The number of carbonyl (C=O) groups is 1. The van der Waals surface area contributed by atoms with Gasteiger partial charge >= 0.3 is 12.2 Å². The van der Waals surface area contributed by atoms with Gasteiger partial charge in [-0.2, -0.15) is 13.2 Å². The summed E-state index contributed by atoms with van der Waals surface area (Å²) in [5.41, 5.74) is 5.49. The molecule has 0 spiro atoms. The van der Waals surface area contributed by atoms with Gasteiger partial charge in [-0.05, 0) is 25.1 Å². The summed E-state index contributed by atoms with van der Waals surface area (Å²) < 4.78 is 59.2. The van der Waals surface area contributed by atoms with Crippen molar-refractivity contribution in [1.29, 1.82) is 0 Å². The summed E-state index contributed by atoms with van der Waals surface area (Å²) in [5, 5.41) is 4.16. The number of alkyl halides is 3. The average Bonchev–Trinajstić information content (AvgIpc) is 2.90. The van der Waals surface area contributed by atoms with Crippen molar-refractivity contribution in [3.63, 3.8) is 0 Å². The molecule has 0 bridgehead atoms. The lowest BCUT2D eigenvalue weighted by Gasteiger charge is -2.20. The molecule has 3 aromatic rings. The third kappa shape index (κ3) is 3.91. The molecule has 7 nitrogen and oxygen atoms in total. The Morgan fingerprint density at radius 1 is 1.26 bits per heavy atom. The van der Waals surface area contributed by atoms with E-state index in [0.29, 0.717) is 0 Å². The second kappa shape index (κ2) is 6.74. The van der Waals surface area contributed by atoms with Crippen molar-refractivity contribution in [2.75, 3.05) is 11.1 Å². The molecule has 4 N–H and O–H groups in total. The van der Waals surface area contributed by atoms with E-state index >= 15 is 0 Å². The molecule has 3 rings (SSSR count). The van der Waals surface area contributed by atoms with Crippen molar-refractivity contribution in [2.24, 2.45) is 0 Å². The maximum atomic E-state index is 13.5. The van der Waals surface area contributed by atoms with E-state index in [-0.39, 0.29) is 28.2 Å². The maximum Gasteiger partial charge on any atom is 0.416 e. The number of anilines is 2. The normalized spacial score (nSPS) is 12.8. The summed E-state index contributed by atoms with van der Waals surface area (Å²) in [7, 11) is 0. The number of aromatic nitrogens is 2. The molecule has 1 atom stereocenters. The van der Waals surface area contributed by atoms with Gasteiger partial charge in [0.25, 0.3) is 0 Å². The monoisotopic (exact) mass is 383 g/mol. The number of amides is 2. The summed E-state index contributed by atoms with van der Waals surface area (Å²) >= 11 is 0. The van der Waals surface area contributed by atoms with Crippen molar-refractivity contribution < 1.29 is 26.8 Å². The molecule has 2 heterocycles. The van der Waals surface area contributed by atoms with Crippen LogP contribution in [0.5, 0.6) is 0 Å². The van der Waals surface area contributed by atoms with Crippen molar-refractivity contribution in [1.82, 2.24) is 15.3 Å². The number of hydrogen-bond donors (Lipinski definition) is 3. The molecule has 142 valence electrons. The largest absolute Gasteiger partial charge is 0.458 e. The molecule has 0 saturated carbocycles. The van der Waals surface area contributed by atoms with E-state index in [2.05, 4.69) is 15.3 Å². The van der Waals surface area contributed by atoms with Gasteiger partial charge in [0.2, 0.25) is 5.95 Å². The zero-order valence-electron chi connectivity index (χ0n) is 13.8. The average molecular weight is 383 g/mol. The number of carbonyl (C=O) groups excluding carboxylic acids is 1. The number of benzene rings is 1. The molecule has 2 amide bonds. The second-order valence-corrected chi connectivity index (χ2v) is 5.63. The van der Waals surface area contributed by atoms with E-state index in [4.69, 9.17) is 10.2 Å². The fourth-order valence-corrected chi connectivity index (χ4v) is 2.48. The molecule has 2 aromatic heterocycles. The van der Waals surface area contributed by atoms with Crippen LogP contribution in [0.2, 0.25) is 0 Å². The van der Waals surface area contributed by atoms with Crippen molar-refractivity contribution in [3.05, 3.63) is 47.7 Å². The third-order valence-electron chi connectivity index (χ3n) is 3.73. The predicted molar refractivity (Wildman–Crippen MR) is 88.3 cm³/mol. The van der Waals surface area contributed by atoms with Gasteiger partial charge in [-0.1, -0.05) is 0 Å². The number of nitrogens with zero attached hydrogens (tertiary/aromatic N) is 2. The number of fused-ring (bicyclic) bond motifs is 1. The Morgan fingerprint density at radius 3 is 2.56 bits per heavy atom. The van der Waals surface area contributed by atoms with Gasteiger partial charge in [0.05, 0.1) is 18.1 Å². The zero-order chi connectivity index (χ0) is 19.8. The Hall–Kier alpha value is -3.37. The van der Waals surface area contributed by atoms with Gasteiger partial charge < -0.3 is 20.8 Å². The molecule has 11 heteroatoms. The van der Waals surface area contributed by atoms with Gasteiger partial charge in [-0.15, -0.1) is 0 Å². The van der Waals surface area contributed by atoms with E-state index in [1.54, 1.807) is 5.32 Å². The Bertz CT molecular complexity index is 985. The Balaban J connectivity index is 1.89. The summed E-state index contributed by atoms with van der Waals surface area (Å²) in [5.74, 6) is -1.21. The molecule has 0 aliphatic carbocycles. The van der Waals surface area contributed by atoms with Gasteiger partial charge in [0.15, 0.2) is 6.04 Å². The lowest BCUT2D eigenvalue weighted by molar-refractivity contribution is -0.158. The first kappa shape index (κ1) is 18.4. The van der Waals surface area contributed by atoms with Crippen LogP contribution in [-0.2, 0) is 0 Å². The minimum Gasteiger partial charge on any atom is -0.458 e. The number of rotatable bonds is 3. The molecule has 0 radical (unpaired) electrons.